The lowest BCUT2D eigenvalue weighted by molar-refractivity contribution is -0.0736. The molecule has 1 fully saturated rings. The number of H-pyrrole nitrogens is 1. The molecular formula is C33H38N6O5. The Morgan fingerprint density at radius 1 is 1.09 bits per heavy atom. The minimum absolute atomic E-state index is 0.00364. The number of fused-ring (bicyclic) bond motifs is 1. The highest BCUT2D eigenvalue weighted by atomic mass is 16.5. The number of aliphatic hydroxyl groups is 1. The molecule has 0 amide bonds. The molecule has 2 aromatic carbocycles. The van der Waals surface area contributed by atoms with E-state index in [0.717, 1.165) is 65.6 Å². The first-order valence-corrected chi connectivity index (χ1v) is 15.3. The predicted molar refractivity (Wildman–Crippen MR) is 166 cm³/mol. The minimum Gasteiger partial charge on any atom is -0.394 e. The molecule has 11 nitrogen and oxygen atoms in total. The molecule has 2 N–H and O–H groups in total. The van der Waals surface area contributed by atoms with Crippen LogP contribution in [0.15, 0.2) is 62.6 Å². The van der Waals surface area contributed by atoms with Crippen LogP contribution in [0.4, 0.5) is 0 Å². The van der Waals surface area contributed by atoms with Crippen molar-refractivity contribution in [3.05, 3.63) is 92.1 Å². The SMILES string of the molecule is CCCc1c(Cc2ccc(-c3ccccc3-c3noc(=O)[nH]3)cc2)c(=O)n([C@H]2CC[C@](C)(OCCO)CC2)c2nc(C)nn12. The van der Waals surface area contributed by atoms with Gasteiger partial charge in [-0.3, -0.25) is 18.9 Å². The van der Waals surface area contributed by atoms with Gasteiger partial charge in [0, 0.05) is 23.6 Å². The van der Waals surface area contributed by atoms with Gasteiger partial charge in [0.2, 0.25) is 5.78 Å². The maximum Gasteiger partial charge on any atom is 0.439 e. The number of aromatic amines is 1. The Morgan fingerprint density at radius 3 is 2.48 bits per heavy atom. The van der Waals surface area contributed by atoms with E-state index in [2.05, 4.69) is 24.0 Å². The van der Waals surface area contributed by atoms with E-state index in [1.807, 2.05) is 64.5 Å². The average Bonchev–Trinajstić information content (AvgIpc) is 3.64. The molecule has 0 radical (unpaired) electrons. The van der Waals surface area contributed by atoms with E-state index in [1.165, 1.54) is 0 Å². The van der Waals surface area contributed by atoms with Gasteiger partial charge in [-0.25, -0.2) is 9.31 Å². The van der Waals surface area contributed by atoms with Gasteiger partial charge < -0.3 is 9.84 Å². The highest BCUT2D eigenvalue weighted by molar-refractivity contribution is 5.80. The summed E-state index contributed by atoms with van der Waals surface area (Å²) in [6.45, 7) is 6.36. The molecule has 1 aliphatic carbocycles. The first-order chi connectivity index (χ1) is 21.3. The van der Waals surface area contributed by atoms with Crippen LogP contribution in [0.2, 0.25) is 0 Å². The summed E-state index contributed by atoms with van der Waals surface area (Å²) in [7, 11) is 0. The normalized spacial score (nSPS) is 18.7. The molecule has 1 saturated carbocycles. The Hall–Kier alpha value is -4.35. The van der Waals surface area contributed by atoms with E-state index in [0.29, 0.717) is 36.9 Å². The number of aromatic nitrogens is 6. The van der Waals surface area contributed by atoms with Crippen LogP contribution in [0.5, 0.6) is 0 Å². The van der Waals surface area contributed by atoms with Crippen molar-refractivity contribution in [2.24, 2.45) is 0 Å². The van der Waals surface area contributed by atoms with Gasteiger partial charge >= 0.3 is 5.76 Å². The monoisotopic (exact) mass is 598 g/mol. The second-order valence-electron chi connectivity index (χ2n) is 11.8. The number of nitrogens with one attached hydrogen (secondary N) is 1. The fourth-order valence-corrected chi connectivity index (χ4v) is 6.43. The van der Waals surface area contributed by atoms with E-state index in [4.69, 9.17) is 19.3 Å². The van der Waals surface area contributed by atoms with Gasteiger partial charge in [-0.2, -0.15) is 10.1 Å². The van der Waals surface area contributed by atoms with Crippen molar-refractivity contribution >= 4 is 5.78 Å². The number of benzene rings is 2. The van der Waals surface area contributed by atoms with Gasteiger partial charge in [-0.05, 0) is 62.6 Å². The summed E-state index contributed by atoms with van der Waals surface area (Å²) in [4.78, 5) is 33.3. The molecule has 0 unspecified atom stereocenters. The Bertz CT molecular complexity index is 1880. The van der Waals surface area contributed by atoms with Gasteiger partial charge in [-0.1, -0.05) is 67.0 Å². The van der Waals surface area contributed by atoms with Gasteiger partial charge in [0.05, 0.1) is 24.5 Å². The number of hydrogen-bond donors (Lipinski definition) is 2. The van der Waals surface area contributed by atoms with Crippen molar-refractivity contribution < 1.29 is 14.4 Å². The smallest absolute Gasteiger partial charge is 0.394 e. The lowest BCUT2D eigenvalue weighted by atomic mass is 9.83. The second-order valence-corrected chi connectivity index (χ2v) is 11.8. The number of aliphatic hydroxyl groups excluding tert-OH is 1. The number of hydrogen-bond acceptors (Lipinski definition) is 8. The highest BCUT2D eigenvalue weighted by Gasteiger charge is 2.34. The maximum atomic E-state index is 14.4. The van der Waals surface area contributed by atoms with Crippen LogP contribution in [0.3, 0.4) is 0 Å². The van der Waals surface area contributed by atoms with Crippen molar-refractivity contribution in [2.45, 2.75) is 77.4 Å². The molecule has 6 rings (SSSR count). The Morgan fingerprint density at radius 2 is 1.82 bits per heavy atom. The van der Waals surface area contributed by atoms with Crippen molar-refractivity contribution in [1.82, 2.24) is 29.3 Å². The van der Waals surface area contributed by atoms with Crippen LogP contribution in [-0.4, -0.2) is 53.2 Å². The van der Waals surface area contributed by atoms with Crippen LogP contribution in [0.25, 0.3) is 28.3 Å². The summed E-state index contributed by atoms with van der Waals surface area (Å²) < 4.78 is 14.4. The molecule has 0 spiro atoms. The zero-order chi connectivity index (χ0) is 30.8. The molecule has 0 bridgehead atoms. The Balaban J connectivity index is 1.36. The first-order valence-electron chi connectivity index (χ1n) is 15.3. The molecule has 0 atom stereocenters. The van der Waals surface area contributed by atoms with Crippen LogP contribution in [0.1, 0.15) is 74.6 Å². The molecule has 0 aliphatic heterocycles. The quantitative estimate of drug-likeness (QED) is 0.237. The molecule has 44 heavy (non-hydrogen) atoms. The van der Waals surface area contributed by atoms with Gasteiger partial charge in [0.1, 0.15) is 5.82 Å². The zero-order valence-corrected chi connectivity index (χ0v) is 25.4. The number of aryl methyl sites for hydroxylation is 2. The standard InChI is InChI=1S/C33H38N6O5/c1-4-7-28-27(20-22-10-12-23(13-11-22)25-8-5-6-9-26(25)29-35-32(42)44-37-29)30(41)38(31-34-21(2)36-39(28)31)24-14-16-33(3,17-15-24)43-19-18-40/h5-6,8-13,24,40H,4,7,14-20H2,1-3H3,(H,35,37,42)/t24-,33-. The lowest BCUT2D eigenvalue weighted by Gasteiger charge is -2.38. The molecule has 3 heterocycles. The molecule has 5 aromatic rings. The molecule has 11 heteroatoms. The summed E-state index contributed by atoms with van der Waals surface area (Å²) >= 11 is 0. The van der Waals surface area contributed by atoms with Gasteiger partial charge in [-0.15, -0.1) is 0 Å². The van der Waals surface area contributed by atoms with Crippen LogP contribution in [-0.2, 0) is 17.6 Å². The van der Waals surface area contributed by atoms with E-state index >= 15 is 0 Å². The molecular weight excluding hydrogens is 560 g/mol. The largest absolute Gasteiger partial charge is 0.439 e. The maximum absolute atomic E-state index is 14.4. The third-order valence-corrected chi connectivity index (χ3v) is 8.67. The average molecular weight is 599 g/mol. The fourth-order valence-electron chi connectivity index (χ4n) is 6.43. The summed E-state index contributed by atoms with van der Waals surface area (Å²) in [5.74, 6) is 1.01. The number of ether oxygens (including phenoxy) is 1. The third-order valence-electron chi connectivity index (χ3n) is 8.67. The van der Waals surface area contributed by atoms with Crippen LogP contribution >= 0.6 is 0 Å². The minimum atomic E-state index is -0.601. The van der Waals surface area contributed by atoms with Crippen molar-refractivity contribution in [3.8, 4) is 22.5 Å². The summed E-state index contributed by atoms with van der Waals surface area (Å²) in [6.07, 6.45) is 5.19. The van der Waals surface area contributed by atoms with Crippen LogP contribution in [0, 0.1) is 6.92 Å². The van der Waals surface area contributed by atoms with E-state index in [1.54, 1.807) is 0 Å². The van der Waals surface area contributed by atoms with Gasteiger partial charge in [0.15, 0.2) is 5.82 Å². The molecule has 3 aromatic heterocycles. The topological polar surface area (TPSA) is 141 Å². The predicted octanol–water partition coefficient (Wildman–Crippen LogP) is 4.64. The van der Waals surface area contributed by atoms with Gasteiger partial charge in [0.25, 0.3) is 5.56 Å². The summed E-state index contributed by atoms with van der Waals surface area (Å²) in [5, 5.41) is 17.9. The van der Waals surface area contributed by atoms with Crippen molar-refractivity contribution in [3.63, 3.8) is 0 Å². The second kappa shape index (κ2) is 12.3. The van der Waals surface area contributed by atoms with E-state index in [-0.39, 0.29) is 23.8 Å². The Kier molecular flexibility index (Phi) is 8.33. The fraction of sp³-hybridized carbons (Fsp3) is 0.424. The molecule has 0 saturated heterocycles. The highest BCUT2D eigenvalue weighted by Crippen LogP contribution is 2.37. The summed E-state index contributed by atoms with van der Waals surface area (Å²) in [6, 6.07) is 15.8. The van der Waals surface area contributed by atoms with Crippen LogP contribution < -0.4 is 11.3 Å². The van der Waals surface area contributed by atoms with E-state index in [9.17, 15) is 14.7 Å². The Labute approximate surface area is 254 Å². The summed E-state index contributed by atoms with van der Waals surface area (Å²) in [5.41, 5.74) is 4.95. The third kappa shape index (κ3) is 5.77. The molecule has 1 aliphatic rings. The molecule has 230 valence electrons. The lowest BCUT2D eigenvalue weighted by Crippen LogP contribution is -2.39. The van der Waals surface area contributed by atoms with Crippen molar-refractivity contribution in [1.29, 1.82) is 0 Å². The number of nitrogens with zero attached hydrogens (tertiary/aromatic N) is 5. The number of rotatable bonds is 10. The zero-order valence-electron chi connectivity index (χ0n) is 25.4. The first kappa shape index (κ1) is 29.7. The van der Waals surface area contributed by atoms with Crippen molar-refractivity contribution in [2.75, 3.05) is 13.2 Å². The van der Waals surface area contributed by atoms with E-state index < -0.39 is 5.76 Å².